The van der Waals surface area contributed by atoms with E-state index in [1.165, 1.54) is 0 Å². The van der Waals surface area contributed by atoms with E-state index in [9.17, 15) is 24.0 Å². The predicted molar refractivity (Wildman–Crippen MR) is 243 cm³/mol. The Hall–Kier alpha value is -7.37. The Balaban J connectivity index is 1.25. The van der Waals surface area contributed by atoms with Gasteiger partial charge in [0.05, 0.1) is 18.9 Å². The van der Waals surface area contributed by atoms with Crippen LogP contribution in [-0.4, -0.2) is 53.3 Å². The lowest BCUT2D eigenvalue weighted by Crippen LogP contribution is -2.56. The molecular weight excluding hydrogens is 791 g/mol. The lowest BCUT2D eigenvalue weighted by atomic mass is 9.77. The van der Waals surface area contributed by atoms with Crippen molar-refractivity contribution in [3.63, 3.8) is 0 Å². The highest BCUT2D eigenvalue weighted by atomic mass is 16.4. The van der Waals surface area contributed by atoms with Crippen LogP contribution in [0.3, 0.4) is 0 Å². The highest BCUT2D eigenvalue weighted by molar-refractivity contribution is 5.95. The van der Waals surface area contributed by atoms with Gasteiger partial charge in [0.2, 0.25) is 23.6 Å². The van der Waals surface area contributed by atoms with Crippen LogP contribution >= 0.6 is 0 Å². The third kappa shape index (κ3) is 11.3. The van der Waals surface area contributed by atoms with Crippen molar-refractivity contribution in [2.75, 3.05) is 6.54 Å². The fourth-order valence-corrected chi connectivity index (χ4v) is 7.96. The van der Waals surface area contributed by atoms with Gasteiger partial charge in [-0.25, -0.2) is 0 Å². The maximum Gasteiger partial charge on any atom is 0.303 e. The van der Waals surface area contributed by atoms with E-state index in [2.05, 4.69) is 21.3 Å². The number of hydrogen-bond acceptors (Lipinski definition) is 6. The topological polar surface area (TPSA) is 180 Å². The molecule has 0 saturated carbocycles. The zero-order valence-electron chi connectivity index (χ0n) is 35.0. The lowest BCUT2D eigenvalue weighted by Gasteiger charge is -2.37. The maximum atomic E-state index is 14.5. The summed E-state index contributed by atoms with van der Waals surface area (Å²) in [6.07, 6.45) is 0.565. The van der Waals surface area contributed by atoms with Crippen molar-refractivity contribution in [1.29, 1.82) is 0 Å². The van der Waals surface area contributed by atoms with Crippen molar-refractivity contribution >= 4 is 29.6 Å². The smallest absolute Gasteiger partial charge is 0.303 e. The van der Waals surface area contributed by atoms with E-state index in [-0.39, 0.29) is 13.0 Å². The second-order valence-corrected chi connectivity index (χ2v) is 15.4. The number of carboxylic acid groups (broad SMARTS) is 1. The SMILES string of the molecule is N[C@@H](CC(=O)NC(c1ccccc1)(c1ccccc1)c1ccccc1)C(=O)N[C@@H](CC(=O)NC(c1ccccc1)(c1ccccc1)c1ccccc1)C(=O)NCCCCCC(=O)O. The Bertz CT molecular complexity index is 2210. The van der Waals surface area contributed by atoms with Gasteiger partial charge >= 0.3 is 5.97 Å². The van der Waals surface area contributed by atoms with Crippen LogP contribution < -0.4 is 27.0 Å². The first kappa shape index (κ1) is 45.2. The van der Waals surface area contributed by atoms with Crippen LogP contribution in [0.25, 0.3) is 0 Å². The summed E-state index contributed by atoms with van der Waals surface area (Å²) in [6.45, 7) is 0.184. The number of carbonyl (C=O) groups excluding carboxylic acids is 4. The zero-order valence-corrected chi connectivity index (χ0v) is 35.0. The minimum absolute atomic E-state index is 0.00737. The maximum absolute atomic E-state index is 14.5. The molecule has 6 aromatic rings. The standard InChI is InChI=1S/C52H53N5O6/c53-44(36-46(58)56-51(38-22-8-1-9-23-38,39-24-10-2-11-25-39)40-26-12-3-13-27-40)49(62)55-45(50(63)54-35-21-7-20-34-48(60)61)37-47(59)57-52(41-28-14-4-15-29-41,42-30-16-5-17-31-42)43-32-18-6-19-33-43/h1-6,8-19,22-33,44-45H,7,20-21,34-37,53H2,(H,54,63)(H,55,62)(H,56,58)(H,57,59)(H,60,61)/t44-,45-/m0/s1. The number of benzene rings is 6. The highest BCUT2D eigenvalue weighted by Crippen LogP contribution is 2.38. The summed E-state index contributed by atoms with van der Waals surface area (Å²) in [7, 11) is 0. The third-order valence-electron chi connectivity index (χ3n) is 11.0. The van der Waals surface area contributed by atoms with Gasteiger partial charge in [0.25, 0.3) is 0 Å². The largest absolute Gasteiger partial charge is 0.481 e. The van der Waals surface area contributed by atoms with Crippen LogP contribution in [0.1, 0.15) is 71.9 Å². The van der Waals surface area contributed by atoms with E-state index in [0.717, 1.165) is 33.4 Å². The van der Waals surface area contributed by atoms with Crippen molar-refractivity contribution in [3.05, 3.63) is 215 Å². The monoisotopic (exact) mass is 843 g/mol. The normalized spacial score (nSPS) is 12.3. The average Bonchev–Trinajstić information content (AvgIpc) is 3.32. The van der Waals surface area contributed by atoms with E-state index in [1.54, 1.807) is 0 Å². The Labute approximate surface area is 368 Å². The summed E-state index contributed by atoms with van der Waals surface area (Å²) in [5, 5.41) is 21.0. The summed E-state index contributed by atoms with van der Waals surface area (Å²) < 4.78 is 0. The number of carbonyl (C=O) groups is 5. The summed E-state index contributed by atoms with van der Waals surface area (Å²) in [5.41, 5.74) is 8.83. The number of nitrogens with two attached hydrogens (primary N) is 1. The molecule has 2 atom stereocenters. The minimum atomic E-state index is -1.41. The van der Waals surface area contributed by atoms with Crippen molar-refractivity contribution in [2.24, 2.45) is 5.73 Å². The van der Waals surface area contributed by atoms with Gasteiger partial charge in [-0.2, -0.15) is 0 Å². The number of unbranched alkanes of at least 4 members (excludes halogenated alkanes) is 2. The molecule has 0 aliphatic rings. The summed E-state index contributed by atoms with van der Waals surface area (Å²) >= 11 is 0. The van der Waals surface area contributed by atoms with Crippen LogP contribution in [0.2, 0.25) is 0 Å². The minimum Gasteiger partial charge on any atom is -0.481 e. The molecule has 0 aromatic heterocycles. The molecule has 63 heavy (non-hydrogen) atoms. The van der Waals surface area contributed by atoms with Gasteiger partial charge in [0.15, 0.2) is 0 Å². The molecule has 4 amide bonds. The molecule has 0 saturated heterocycles. The molecule has 11 heteroatoms. The van der Waals surface area contributed by atoms with Crippen LogP contribution in [0.4, 0.5) is 0 Å². The first-order valence-corrected chi connectivity index (χ1v) is 21.1. The molecule has 0 radical (unpaired) electrons. The lowest BCUT2D eigenvalue weighted by molar-refractivity contribution is -0.137. The molecule has 322 valence electrons. The fraction of sp³-hybridized carbons (Fsp3) is 0.212. The summed E-state index contributed by atoms with van der Waals surface area (Å²) in [6, 6.07) is 54.3. The van der Waals surface area contributed by atoms with E-state index in [0.29, 0.717) is 19.3 Å². The van der Waals surface area contributed by atoms with Crippen molar-refractivity contribution < 1.29 is 29.1 Å². The zero-order chi connectivity index (χ0) is 44.5. The molecular formula is C52H53N5O6. The van der Waals surface area contributed by atoms with Crippen molar-refractivity contribution in [1.82, 2.24) is 21.3 Å². The number of carboxylic acids is 1. The van der Waals surface area contributed by atoms with Gasteiger partial charge in [0.1, 0.15) is 17.1 Å². The van der Waals surface area contributed by atoms with Crippen LogP contribution in [-0.2, 0) is 35.1 Å². The predicted octanol–water partition coefficient (Wildman–Crippen LogP) is 6.56. The molecule has 0 spiro atoms. The van der Waals surface area contributed by atoms with Gasteiger partial charge in [-0.05, 0) is 46.2 Å². The number of amides is 4. The summed E-state index contributed by atoms with van der Waals surface area (Å²) in [5.74, 6) is -3.40. The summed E-state index contributed by atoms with van der Waals surface area (Å²) in [4.78, 5) is 67.6. The van der Waals surface area contributed by atoms with Gasteiger partial charge in [-0.15, -0.1) is 0 Å². The number of hydrogen-bond donors (Lipinski definition) is 6. The van der Waals surface area contributed by atoms with E-state index in [1.807, 2.05) is 182 Å². The van der Waals surface area contributed by atoms with Gasteiger partial charge in [-0.1, -0.05) is 188 Å². The Morgan fingerprint density at radius 3 is 1.13 bits per heavy atom. The molecule has 0 bridgehead atoms. The first-order chi connectivity index (χ1) is 30.6. The molecule has 0 aliphatic carbocycles. The van der Waals surface area contributed by atoms with Crippen LogP contribution in [0.5, 0.6) is 0 Å². The van der Waals surface area contributed by atoms with Crippen LogP contribution in [0, 0.1) is 0 Å². The third-order valence-corrected chi connectivity index (χ3v) is 11.0. The second-order valence-electron chi connectivity index (χ2n) is 15.4. The van der Waals surface area contributed by atoms with E-state index in [4.69, 9.17) is 10.8 Å². The molecule has 6 rings (SSSR count). The molecule has 0 unspecified atom stereocenters. The second kappa shape index (κ2) is 21.9. The fourth-order valence-electron chi connectivity index (χ4n) is 7.96. The first-order valence-electron chi connectivity index (χ1n) is 21.1. The highest BCUT2D eigenvalue weighted by Gasteiger charge is 2.40. The van der Waals surface area contributed by atoms with E-state index < -0.39 is 65.6 Å². The Morgan fingerprint density at radius 1 is 0.460 bits per heavy atom. The van der Waals surface area contributed by atoms with Crippen molar-refractivity contribution in [2.45, 2.75) is 61.7 Å². The quantitative estimate of drug-likeness (QED) is 0.0351. The molecule has 11 nitrogen and oxygen atoms in total. The van der Waals surface area contributed by atoms with Crippen molar-refractivity contribution in [3.8, 4) is 0 Å². The number of aliphatic carboxylic acids is 1. The van der Waals surface area contributed by atoms with Gasteiger partial charge in [0, 0.05) is 13.0 Å². The van der Waals surface area contributed by atoms with Gasteiger partial charge < -0.3 is 32.1 Å². The number of rotatable bonds is 21. The van der Waals surface area contributed by atoms with E-state index >= 15 is 0 Å². The molecule has 0 heterocycles. The van der Waals surface area contributed by atoms with Gasteiger partial charge in [-0.3, -0.25) is 24.0 Å². The average molecular weight is 844 g/mol. The molecule has 0 fully saturated rings. The molecule has 0 aliphatic heterocycles. The Morgan fingerprint density at radius 2 is 0.794 bits per heavy atom. The Kier molecular flexibility index (Phi) is 15.7. The molecule has 6 aromatic carbocycles. The molecule has 7 N–H and O–H groups in total. The number of nitrogens with one attached hydrogen (secondary N) is 4. The van der Waals surface area contributed by atoms with Crippen LogP contribution in [0.15, 0.2) is 182 Å².